The lowest BCUT2D eigenvalue weighted by molar-refractivity contribution is -0.225. The average molecular weight is 359 g/mol. The van der Waals surface area contributed by atoms with Crippen LogP contribution in [-0.4, -0.2) is 85.4 Å². The fraction of sp³-hybridized carbons (Fsp3) is 0.625. The van der Waals surface area contributed by atoms with E-state index in [1.807, 2.05) is 0 Å². The monoisotopic (exact) mass is 359 g/mol. The lowest BCUT2D eigenvalue weighted by Crippen LogP contribution is -2.60. The van der Waals surface area contributed by atoms with E-state index in [0.717, 1.165) is 0 Å². The predicted octanol–water partition coefficient (Wildman–Crippen LogP) is -1.03. The van der Waals surface area contributed by atoms with E-state index in [9.17, 15) is 20.4 Å². The zero-order chi connectivity index (χ0) is 18.6. The van der Waals surface area contributed by atoms with Gasteiger partial charge in [0.05, 0.1) is 27.9 Å². The van der Waals surface area contributed by atoms with Crippen molar-refractivity contribution in [3.8, 4) is 17.2 Å². The second-order valence-electron chi connectivity index (χ2n) is 5.66. The summed E-state index contributed by atoms with van der Waals surface area (Å²) in [6, 6.07) is 3.37. The number of hydrogen-bond donors (Lipinski definition) is 5. The minimum absolute atomic E-state index is 0.125. The maximum Gasteiger partial charge on any atom is 0.203 e. The van der Waals surface area contributed by atoms with Crippen LogP contribution in [0.2, 0.25) is 0 Å². The van der Waals surface area contributed by atoms with Gasteiger partial charge in [0.15, 0.2) is 11.5 Å². The third kappa shape index (κ3) is 4.07. The van der Waals surface area contributed by atoms with Crippen molar-refractivity contribution in [3.05, 3.63) is 12.1 Å². The molecule has 25 heavy (non-hydrogen) atoms. The molecule has 0 amide bonds. The summed E-state index contributed by atoms with van der Waals surface area (Å²) in [5.74, 6) is 1.36. The lowest BCUT2D eigenvalue weighted by Gasteiger charge is -2.40. The first-order chi connectivity index (χ1) is 12.0. The summed E-state index contributed by atoms with van der Waals surface area (Å²) in [5.41, 5.74) is 0.617. The first kappa shape index (κ1) is 19.5. The molecular formula is C16H25NO8. The Morgan fingerprint density at radius 3 is 1.96 bits per heavy atom. The second kappa shape index (κ2) is 8.54. The normalized spacial score (nSPS) is 29.2. The average Bonchev–Trinajstić information content (AvgIpc) is 2.64. The van der Waals surface area contributed by atoms with E-state index in [0.29, 0.717) is 22.9 Å². The van der Waals surface area contributed by atoms with Gasteiger partial charge in [-0.2, -0.15) is 0 Å². The van der Waals surface area contributed by atoms with Gasteiger partial charge in [0.25, 0.3) is 0 Å². The van der Waals surface area contributed by atoms with Gasteiger partial charge in [-0.3, -0.25) is 0 Å². The quantitative estimate of drug-likeness (QED) is 0.415. The molecule has 0 aromatic heterocycles. The Bertz CT molecular complexity index is 542. The van der Waals surface area contributed by atoms with Crippen LogP contribution in [0.5, 0.6) is 17.2 Å². The van der Waals surface area contributed by atoms with E-state index in [-0.39, 0.29) is 6.54 Å². The van der Waals surface area contributed by atoms with E-state index >= 15 is 0 Å². The molecular weight excluding hydrogens is 334 g/mol. The molecule has 0 saturated carbocycles. The second-order valence-corrected chi connectivity index (χ2v) is 5.66. The summed E-state index contributed by atoms with van der Waals surface area (Å²) in [6.45, 7) is -0.342. The summed E-state index contributed by atoms with van der Waals surface area (Å²) in [4.78, 5) is 0. The van der Waals surface area contributed by atoms with Crippen LogP contribution >= 0.6 is 0 Å². The van der Waals surface area contributed by atoms with Crippen molar-refractivity contribution < 1.29 is 39.4 Å². The van der Waals surface area contributed by atoms with Crippen molar-refractivity contribution in [1.82, 2.24) is 0 Å². The van der Waals surface area contributed by atoms with Crippen molar-refractivity contribution in [2.45, 2.75) is 30.5 Å². The van der Waals surface area contributed by atoms with Gasteiger partial charge in [-0.05, 0) is 0 Å². The van der Waals surface area contributed by atoms with Gasteiger partial charge in [0.2, 0.25) is 5.75 Å². The molecule has 0 aliphatic carbocycles. The highest BCUT2D eigenvalue weighted by atomic mass is 16.5. The minimum Gasteiger partial charge on any atom is -0.493 e. The highest BCUT2D eigenvalue weighted by molar-refractivity contribution is 5.62. The van der Waals surface area contributed by atoms with Crippen LogP contribution in [0, 0.1) is 0 Å². The van der Waals surface area contributed by atoms with E-state index in [4.69, 9.17) is 18.9 Å². The fourth-order valence-corrected chi connectivity index (χ4v) is 2.75. The van der Waals surface area contributed by atoms with Crippen LogP contribution in [0.15, 0.2) is 12.1 Å². The molecule has 5 N–H and O–H groups in total. The molecule has 1 aliphatic rings. The van der Waals surface area contributed by atoms with E-state index in [1.165, 1.54) is 21.3 Å². The standard InChI is InChI=1S/C16H25NO8/c1-22-9-4-8(5-10(23-2)16(9)24-3)17-6-11-13(19)15(21)14(20)12(7-18)25-11/h4-5,11-15,17-21H,6-7H2,1-3H3/t11?,12-,13+,14-,15-/m1/s1. The molecule has 9 nitrogen and oxygen atoms in total. The van der Waals surface area contributed by atoms with Crippen LogP contribution in [0.3, 0.4) is 0 Å². The molecule has 0 radical (unpaired) electrons. The highest BCUT2D eigenvalue weighted by Gasteiger charge is 2.43. The molecule has 1 aliphatic heterocycles. The summed E-state index contributed by atoms with van der Waals surface area (Å²) in [7, 11) is 4.50. The number of rotatable bonds is 7. The Hall–Kier alpha value is -1.78. The van der Waals surface area contributed by atoms with Crippen LogP contribution in [0.25, 0.3) is 0 Å². The van der Waals surface area contributed by atoms with Gasteiger partial charge >= 0.3 is 0 Å². The number of aliphatic hydroxyl groups excluding tert-OH is 4. The van der Waals surface area contributed by atoms with Crippen molar-refractivity contribution in [1.29, 1.82) is 0 Å². The number of ether oxygens (including phenoxy) is 4. The summed E-state index contributed by atoms with van der Waals surface area (Å²) in [5, 5.41) is 41.9. The van der Waals surface area contributed by atoms with E-state index < -0.39 is 37.1 Å². The van der Waals surface area contributed by atoms with Crippen molar-refractivity contribution in [2.75, 3.05) is 39.8 Å². The first-order valence-electron chi connectivity index (χ1n) is 7.81. The first-order valence-corrected chi connectivity index (χ1v) is 7.81. The molecule has 1 aromatic carbocycles. The number of anilines is 1. The van der Waals surface area contributed by atoms with Crippen molar-refractivity contribution in [3.63, 3.8) is 0 Å². The molecule has 1 fully saturated rings. The van der Waals surface area contributed by atoms with Gasteiger partial charge in [0.1, 0.15) is 30.5 Å². The summed E-state index contributed by atoms with van der Waals surface area (Å²) >= 11 is 0. The minimum atomic E-state index is -1.40. The Balaban J connectivity index is 2.12. The van der Waals surface area contributed by atoms with Crippen molar-refractivity contribution >= 4 is 5.69 Å². The Kier molecular flexibility index (Phi) is 6.68. The molecule has 2 rings (SSSR count). The van der Waals surface area contributed by atoms with Crippen LogP contribution in [0.4, 0.5) is 5.69 Å². The molecule has 142 valence electrons. The third-order valence-corrected chi connectivity index (χ3v) is 4.16. The van der Waals surface area contributed by atoms with Gasteiger partial charge in [-0.1, -0.05) is 0 Å². The predicted molar refractivity (Wildman–Crippen MR) is 88.4 cm³/mol. The topological polar surface area (TPSA) is 130 Å². The highest BCUT2D eigenvalue weighted by Crippen LogP contribution is 2.40. The Labute approximate surface area is 145 Å². The number of benzene rings is 1. The molecule has 1 saturated heterocycles. The maximum atomic E-state index is 10.1. The largest absolute Gasteiger partial charge is 0.493 e. The van der Waals surface area contributed by atoms with E-state index in [2.05, 4.69) is 5.32 Å². The molecule has 5 atom stereocenters. The Morgan fingerprint density at radius 2 is 1.48 bits per heavy atom. The van der Waals surface area contributed by atoms with Gasteiger partial charge in [-0.25, -0.2) is 0 Å². The number of hydrogen-bond acceptors (Lipinski definition) is 9. The number of aliphatic hydroxyl groups is 4. The van der Waals surface area contributed by atoms with Gasteiger partial charge < -0.3 is 44.7 Å². The fourth-order valence-electron chi connectivity index (χ4n) is 2.75. The molecule has 1 heterocycles. The smallest absolute Gasteiger partial charge is 0.203 e. The van der Waals surface area contributed by atoms with E-state index in [1.54, 1.807) is 12.1 Å². The third-order valence-electron chi connectivity index (χ3n) is 4.16. The van der Waals surface area contributed by atoms with Crippen molar-refractivity contribution in [2.24, 2.45) is 0 Å². The molecule has 0 spiro atoms. The SMILES string of the molecule is COc1cc(NCC2O[C@H](CO)[C@@H](O)[C@H](O)[C@H]2O)cc(OC)c1OC. The van der Waals surface area contributed by atoms with Gasteiger partial charge in [0, 0.05) is 24.4 Å². The van der Waals surface area contributed by atoms with Gasteiger partial charge in [-0.15, -0.1) is 0 Å². The van der Waals surface area contributed by atoms with Crippen LogP contribution in [-0.2, 0) is 4.74 Å². The number of nitrogens with one attached hydrogen (secondary N) is 1. The van der Waals surface area contributed by atoms with Crippen LogP contribution < -0.4 is 19.5 Å². The zero-order valence-electron chi connectivity index (χ0n) is 14.4. The molecule has 9 heteroatoms. The molecule has 1 aromatic rings. The molecule has 1 unspecified atom stereocenters. The van der Waals surface area contributed by atoms with Crippen LogP contribution in [0.1, 0.15) is 0 Å². The number of methoxy groups -OCH3 is 3. The maximum absolute atomic E-state index is 10.1. The molecule has 0 bridgehead atoms. The lowest BCUT2D eigenvalue weighted by atomic mass is 9.95. The zero-order valence-corrected chi connectivity index (χ0v) is 14.4. The summed E-state index contributed by atoms with van der Waals surface area (Å²) in [6.07, 6.45) is -5.85. The Morgan fingerprint density at radius 1 is 0.920 bits per heavy atom. The summed E-state index contributed by atoms with van der Waals surface area (Å²) < 4.78 is 21.2.